The van der Waals surface area contributed by atoms with Crippen molar-refractivity contribution < 1.29 is 9.53 Å². The van der Waals surface area contributed by atoms with Gasteiger partial charge in [-0.15, -0.1) is 0 Å². The van der Waals surface area contributed by atoms with Gasteiger partial charge < -0.3 is 4.74 Å². The molecule has 0 heterocycles. The molecule has 4 nitrogen and oxygen atoms in total. The summed E-state index contributed by atoms with van der Waals surface area (Å²) < 4.78 is 5.48. The van der Waals surface area contributed by atoms with Crippen LogP contribution in [0.5, 0.6) is 0 Å². The molecule has 1 N–H and O–H groups in total. The highest BCUT2D eigenvalue weighted by molar-refractivity contribution is 5.90. The minimum atomic E-state index is -0.557. The quantitative estimate of drug-likeness (QED) is 0.830. The number of para-hydroxylation sites is 1. The molecule has 22 heavy (non-hydrogen) atoms. The number of anilines is 2. The Labute approximate surface area is 131 Å². The lowest BCUT2D eigenvalue weighted by Gasteiger charge is -2.28. The van der Waals surface area contributed by atoms with E-state index < -0.39 is 11.7 Å². The van der Waals surface area contributed by atoms with Gasteiger partial charge in [0.25, 0.3) is 0 Å². The molecule has 0 atom stereocenters. The average Bonchev–Trinajstić information content (AvgIpc) is 2.45. The van der Waals surface area contributed by atoms with Crippen LogP contribution < -0.4 is 10.4 Å². The van der Waals surface area contributed by atoms with E-state index in [1.54, 1.807) is 0 Å². The van der Waals surface area contributed by atoms with Gasteiger partial charge in [0.15, 0.2) is 0 Å². The van der Waals surface area contributed by atoms with Gasteiger partial charge in [-0.25, -0.2) is 4.79 Å². The number of nitrogens with zero attached hydrogens (tertiary/aromatic N) is 1. The second-order valence-corrected chi connectivity index (χ2v) is 6.13. The van der Waals surface area contributed by atoms with Gasteiger partial charge in [0.2, 0.25) is 0 Å². The number of carbonyl (C=O) groups is 1. The molecule has 2 aromatic rings. The van der Waals surface area contributed by atoms with E-state index in [1.807, 2.05) is 82.3 Å². The summed E-state index contributed by atoms with van der Waals surface area (Å²) >= 11 is 0. The first-order chi connectivity index (χ1) is 10.3. The highest BCUT2D eigenvalue weighted by Crippen LogP contribution is 2.20. The lowest BCUT2D eigenvalue weighted by atomic mass is 10.2. The van der Waals surface area contributed by atoms with Gasteiger partial charge >= 0.3 is 6.09 Å². The smallest absolute Gasteiger partial charge is 0.433 e. The Morgan fingerprint density at radius 2 is 1.59 bits per heavy atom. The Hall–Kier alpha value is -2.49. The normalized spacial score (nSPS) is 10.9. The summed E-state index contributed by atoms with van der Waals surface area (Å²) in [5.41, 5.74) is 5.21. The van der Waals surface area contributed by atoms with Gasteiger partial charge in [-0.3, -0.25) is 5.43 Å². The molecule has 0 fully saturated rings. The van der Waals surface area contributed by atoms with Crippen LogP contribution in [0.15, 0.2) is 54.6 Å². The molecule has 0 aliphatic rings. The van der Waals surface area contributed by atoms with Crippen LogP contribution in [0, 0.1) is 6.92 Å². The first-order valence-corrected chi connectivity index (χ1v) is 7.27. The molecular formula is C18H22N2O2. The third-order valence-electron chi connectivity index (χ3n) is 2.88. The van der Waals surface area contributed by atoms with E-state index in [9.17, 15) is 4.79 Å². The highest BCUT2D eigenvalue weighted by Gasteiger charge is 2.23. The second kappa shape index (κ2) is 6.52. The van der Waals surface area contributed by atoms with Crippen LogP contribution in [0.25, 0.3) is 0 Å². The lowest BCUT2D eigenvalue weighted by molar-refractivity contribution is 0.0589. The zero-order valence-corrected chi connectivity index (χ0v) is 13.5. The summed E-state index contributed by atoms with van der Waals surface area (Å²) in [4.78, 5) is 12.5. The van der Waals surface area contributed by atoms with Crippen molar-refractivity contribution in [2.45, 2.75) is 33.3 Å². The molecule has 1 amide bonds. The molecule has 0 radical (unpaired) electrons. The van der Waals surface area contributed by atoms with Crippen molar-refractivity contribution in [2.24, 2.45) is 0 Å². The van der Waals surface area contributed by atoms with Gasteiger partial charge in [0.05, 0.1) is 11.4 Å². The van der Waals surface area contributed by atoms with Crippen molar-refractivity contribution in [1.82, 2.24) is 0 Å². The summed E-state index contributed by atoms with van der Waals surface area (Å²) in [5, 5.41) is 1.42. The zero-order valence-electron chi connectivity index (χ0n) is 13.5. The molecule has 2 rings (SSSR count). The van der Waals surface area contributed by atoms with Crippen molar-refractivity contribution in [2.75, 3.05) is 10.4 Å². The number of benzene rings is 2. The molecule has 0 saturated heterocycles. The monoisotopic (exact) mass is 298 g/mol. The van der Waals surface area contributed by atoms with Crippen LogP contribution in [0.1, 0.15) is 26.3 Å². The van der Waals surface area contributed by atoms with E-state index >= 15 is 0 Å². The van der Waals surface area contributed by atoms with Crippen molar-refractivity contribution in [3.63, 3.8) is 0 Å². The second-order valence-electron chi connectivity index (χ2n) is 6.13. The van der Waals surface area contributed by atoms with Gasteiger partial charge in [0, 0.05) is 0 Å². The van der Waals surface area contributed by atoms with Crippen LogP contribution in [0.3, 0.4) is 0 Å². The number of rotatable bonds is 3. The third-order valence-corrected chi connectivity index (χ3v) is 2.88. The Kier molecular flexibility index (Phi) is 4.71. The summed E-state index contributed by atoms with van der Waals surface area (Å²) in [6.07, 6.45) is -0.444. The van der Waals surface area contributed by atoms with E-state index in [2.05, 4.69) is 5.43 Å². The first-order valence-electron chi connectivity index (χ1n) is 7.27. The molecule has 0 saturated carbocycles. The van der Waals surface area contributed by atoms with Crippen molar-refractivity contribution >= 4 is 17.5 Å². The van der Waals surface area contributed by atoms with Gasteiger partial charge in [-0.2, -0.15) is 5.01 Å². The first kappa shape index (κ1) is 15.9. The predicted molar refractivity (Wildman–Crippen MR) is 90.0 cm³/mol. The molecule has 0 bridgehead atoms. The molecule has 0 aliphatic heterocycles. The number of nitrogens with one attached hydrogen (secondary N) is 1. The fourth-order valence-corrected chi connectivity index (χ4v) is 1.86. The summed E-state index contributed by atoms with van der Waals surface area (Å²) in [6, 6.07) is 17.2. The van der Waals surface area contributed by atoms with Crippen molar-refractivity contribution in [3.8, 4) is 0 Å². The lowest BCUT2D eigenvalue weighted by Crippen LogP contribution is -2.40. The SMILES string of the molecule is Cc1ccc(N(Nc2ccccc2)C(=O)OC(C)(C)C)cc1. The third kappa shape index (κ3) is 4.52. The number of hydrogen-bond acceptors (Lipinski definition) is 3. The van der Waals surface area contributed by atoms with E-state index in [4.69, 9.17) is 4.74 Å². The largest absolute Gasteiger partial charge is 0.442 e. The Bertz CT molecular complexity index is 616. The molecule has 2 aromatic carbocycles. The van der Waals surface area contributed by atoms with Crippen LogP contribution in [-0.4, -0.2) is 11.7 Å². The van der Waals surface area contributed by atoms with Crippen molar-refractivity contribution in [1.29, 1.82) is 0 Å². The minimum absolute atomic E-state index is 0.444. The highest BCUT2D eigenvalue weighted by atomic mass is 16.6. The van der Waals surface area contributed by atoms with Gasteiger partial charge in [0.1, 0.15) is 5.60 Å². The number of carbonyl (C=O) groups excluding carboxylic acids is 1. The van der Waals surface area contributed by atoms with Gasteiger partial charge in [-0.1, -0.05) is 35.9 Å². The molecular weight excluding hydrogens is 276 g/mol. The number of hydrogen-bond donors (Lipinski definition) is 1. The summed E-state index contributed by atoms with van der Waals surface area (Å²) in [6.45, 7) is 7.55. The minimum Gasteiger partial charge on any atom is -0.442 e. The standard InChI is InChI=1S/C18H22N2O2/c1-14-10-12-16(13-11-14)20(17(21)22-18(2,3)4)19-15-8-6-5-7-9-15/h5-13,19H,1-4H3. The summed E-state index contributed by atoms with van der Waals surface area (Å²) in [7, 11) is 0. The zero-order chi connectivity index (χ0) is 16.2. The predicted octanol–water partition coefficient (Wildman–Crippen LogP) is 4.76. The maximum absolute atomic E-state index is 12.5. The Morgan fingerprint density at radius 1 is 1.00 bits per heavy atom. The molecule has 0 unspecified atom stereocenters. The fraction of sp³-hybridized carbons (Fsp3) is 0.278. The maximum atomic E-state index is 12.5. The molecule has 0 aliphatic carbocycles. The Morgan fingerprint density at radius 3 is 2.14 bits per heavy atom. The topological polar surface area (TPSA) is 41.6 Å². The van der Waals surface area contributed by atoms with Crippen molar-refractivity contribution in [3.05, 3.63) is 60.2 Å². The van der Waals surface area contributed by atoms with E-state index in [0.29, 0.717) is 0 Å². The maximum Gasteiger partial charge on any atom is 0.433 e. The Balaban J connectivity index is 2.27. The number of amides is 1. The fourth-order valence-electron chi connectivity index (χ4n) is 1.86. The number of ether oxygens (including phenoxy) is 1. The molecule has 0 aromatic heterocycles. The number of hydrazine groups is 1. The van der Waals surface area contributed by atoms with E-state index in [1.165, 1.54) is 5.01 Å². The van der Waals surface area contributed by atoms with Crippen LogP contribution in [0.4, 0.5) is 16.2 Å². The number of aryl methyl sites for hydroxylation is 1. The molecule has 116 valence electrons. The van der Waals surface area contributed by atoms with Crippen LogP contribution in [0.2, 0.25) is 0 Å². The summed E-state index contributed by atoms with van der Waals surface area (Å²) in [5.74, 6) is 0. The molecule has 4 heteroatoms. The van der Waals surface area contributed by atoms with Gasteiger partial charge in [-0.05, 0) is 52.0 Å². The molecule has 0 spiro atoms. The van der Waals surface area contributed by atoms with Crippen LogP contribution >= 0.6 is 0 Å². The average molecular weight is 298 g/mol. The van der Waals surface area contributed by atoms with Crippen LogP contribution in [-0.2, 0) is 4.74 Å². The van der Waals surface area contributed by atoms with E-state index in [0.717, 1.165) is 16.9 Å². The van der Waals surface area contributed by atoms with E-state index in [-0.39, 0.29) is 0 Å².